The number of esters is 1. The monoisotopic (exact) mass is 312 g/mol. The maximum absolute atomic E-state index is 12.2. The molecule has 0 atom stereocenters. The maximum atomic E-state index is 12.2. The van der Waals surface area contributed by atoms with E-state index < -0.39 is 0 Å². The lowest BCUT2D eigenvalue weighted by molar-refractivity contribution is 0.0497. The second-order valence-corrected chi connectivity index (χ2v) is 5.75. The fourth-order valence-electron chi connectivity index (χ4n) is 2.51. The van der Waals surface area contributed by atoms with Crippen molar-refractivity contribution < 1.29 is 14.6 Å². The van der Waals surface area contributed by atoms with Gasteiger partial charge in [0.15, 0.2) is 0 Å². The lowest BCUT2D eigenvalue weighted by Crippen LogP contribution is -2.07. The Kier molecular flexibility index (Phi) is 6.21. The van der Waals surface area contributed by atoms with E-state index in [0.717, 1.165) is 31.2 Å². The number of ether oxygens (including phenoxy) is 1. The molecule has 0 radical (unpaired) electrons. The highest BCUT2D eigenvalue weighted by Crippen LogP contribution is 2.33. The molecule has 2 rings (SSSR count). The average molecular weight is 312 g/mol. The largest absolute Gasteiger partial charge is 0.507 e. The Morgan fingerprint density at radius 3 is 2.52 bits per heavy atom. The van der Waals surface area contributed by atoms with E-state index in [1.807, 2.05) is 30.3 Å². The zero-order valence-corrected chi connectivity index (χ0v) is 13.8. The molecule has 3 heteroatoms. The van der Waals surface area contributed by atoms with Crippen LogP contribution in [0.2, 0.25) is 0 Å². The van der Waals surface area contributed by atoms with Crippen molar-refractivity contribution in [3.8, 4) is 16.9 Å². The molecule has 0 aliphatic rings. The van der Waals surface area contributed by atoms with Crippen LogP contribution in [0.5, 0.6) is 5.75 Å². The second-order valence-electron chi connectivity index (χ2n) is 5.75. The standard InChI is InChI=1S/C20H24O3/c1-3-4-5-9-12-23-20(22)17-13-15(2)19(21)18(14-17)16-10-7-6-8-11-16/h6-8,10-11,13-14,21H,3-5,9,12H2,1-2H3. The fourth-order valence-corrected chi connectivity index (χ4v) is 2.51. The molecule has 3 nitrogen and oxygen atoms in total. The molecular formula is C20H24O3. The maximum Gasteiger partial charge on any atom is 0.338 e. The topological polar surface area (TPSA) is 46.5 Å². The zero-order valence-electron chi connectivity index (χ0n) is 13.8. The third-order valence-corrected chi connectivity index (χ3v) is 3.85. The van der Waals surface area contributed by atoms with Crippen LogP contribution in [0.15, 0.2) is 42.5 Å². The smallest absolute Gasteiger partial charge is 0.338 e. The van der Waals surface area contributed by atoms with Crippen LogP contribution in [-0.4, -0.2) is 17.7 Å². The minimum Gasteiger partial charge on any atom is -0.507 e. The van der Waals surface area contributed by atoms with Gasteiger partial charge in [-0.2, -0.15) is 0 Å². The van der Waals surface area contributed by atoms with E-state index in [-0.39, 0.29) is 11.7 Å². The van der Waals surface area contributed by atoms with E-state index in [0.29, 0.717) is 23.3 Å². The zero-order chi connectivity index (χ0) is 16.7. The minimum atomic E-state index is -0.332. The predicted molar refractivity (Wildman–Crippen MR) is 92.7 cm³/mol. The fraction of sp³-hybridized carbons (Fsp3) is 0.350. The van der Waals surface area contributed by atoms with Crippen LogP contribution < -0.4 is 0 Å². The van der Waals surface area contributed by atoms with Gasteiger partial charge in [-0.25, -0.2) is 4.79 Å². The number of unbranched alkanes of at least 4 members (excludes halogenated alkanes) is 3. The number of phenols is 1. The lowest BCUT2D eigenvalue weighted by Gasteiger charge is -2.11. The van der Waals surface area contributed by atoms with Crippen LogP contribution in [0.1, 0.15) is 48.5 Å². The van der Waals surface area contributed by atoms with Gasteiger partial charge < -0.3 is 9.84 Å². The molecule has 0 unspecified atom stereocenters. The molecule has 0 aliphatic heterocycles. The Bertz CT molecular complexity index is 647. The first kappa shape index (κ1) is 17.1. The summed E-state index contributed by atoms with van der Waals surface area (Å²) in [5.74, 6) is -0.127. The van der Waals surface area contributed by atoms with E-state index in [2.05, 4.69) is 6.92 Å². The summed E-state index contributed by atoms with van der Waals surface area (Å²) in [7, 11) is 0. The first-order valence-corrected chi connectivity index (χ1v) is 8.19. The first-order valence-electron chi connectivity index (χ1n) is 8.19. The van der Waals surface area contributed by atoms with Crippen molar-refractivity contribution >= 4 is 5.97 Å². The summed E-state index contributed by atoms with van der Waals surface area (Å²) in [6.07, 6.45) is 4.29. The summed E-state index contributed by atoms with van der Waals surface area (Å²) >= 11 is 0. The molecule has 2 aromatic rings. The Morgan fingerprint density at radius 1 is 1.09 bits per heavy atom. The Hall–Kier alpha value is -2.29. The van der Waals surface area contributed by atoms with E-state index in [9.17, 15) is 9.90 Å². The quantitative estimate of drug-likeness (QED) is 0.571. The van der Waals surface area contributed by atoms with Gasteiger partial charge in [-0.1, -0.05) is 56.5 Å². The van der Waals surface area contributed by atoms with Gasteiger partial charge in [-0.3, -0.25) is 0 Å². The summed E-state index contributed by atoms with van der Waals surface area (Å²) in [6, 6.07) is 12.9. The van der Waals surface area contributed by atoms with E-state index in [4.69, 9.17) is 4.74 Å². The number of carbonyl (C=O) groups is 1. The molecule has 0 amide bonds. The van der Waals surface area contributed by atoms with E-state index >= 15 is 0 Å². The third-order valence-electron chi connectivity index (χ3n) is 3.85. The second kappa shape index (κ2) is 8.37. The van der Waals surface area contributed by atoms with Crippen LogP contribution in [0.4, 0.5) is 0 Å². The number of aryl methyl sites for hydroxylation is 1. The van der Waals surface area contributed by atoms with Gasteiger partial charge in [0.05, 0.1) is 12.2 Å². The van der Waals surface area contributed by atoms with Crippen LogP contribution in [0, 0.1) is 6.92 Å². The number of rotatable bonds is 7. The Balaban J connectivity index is 2.14. The number of hydrogen-bond acceptors (Lipinski definition) is 3. The average Bonchev–Trinajstić information content (AvgIpc) is 2.57. The van der Waals surface area contributed by atoms with Crippen molar-refractivity contribution in [2.45, 2.75) is 39.5 Å². The molecule has 0 saturated carbocycles. The Morgan fingerprint density at radius 2 is 1.83 bits per heavy atom. The van der Waals surface area contributed by atoms with Crippen molar-refractivity contribution in [2.75, 3.05) is 6.61 Å². The molecular weight excluding hydrogens is 288 g/mol. The highest BCUT2D eigenvalue weighted by atomic mass is 16.5. The Labute approximate surface area is 137 Å². The molecule has 2 aromatic carbocycles. The molecule has 1 N–H and O–H groups in total. The third kappa shape index (κ3) is 4.59. The van der Waals surface area contributed by atoms with Crippen molar-refractivity contribution in [3.05, 3.63) is 53.6 Å². The van der Waals surface area contributed by atoms with Gasteiger partial charge in [-0.15, -0.1) is 0 Å². The number of aromatic hydroxyl groups is 1. The van der Waals surface area contributed by atoms with Crippen LogP contribution in [-0.2, 0) is 4.74 Å². The van der Waals surface area contributed by atoms with Gasteiger partial charge in [0.2, 0.25) is 0 Å². The predicted octanol–water partition coefficient (Wildman–Crippen LogP) is 5.10. The number of carbonyl (C=O) groups excluding carboxylic acids is 1. The number of hydrogen-bond donors (Lipinski definition) is 1. The molecule has 0 fully saturated rings. The molecule has 23 heavy (non-hydrogen) atoms. The van der Waals surface area contributed by atoms with Crippen LogP contribution in [0.3, 0.4) is 0 Å². The van der Waals surface area contributed by atoms with Gasteiger partial charge in [-0.05, 0) is 36.6 Å². The summed E-state index contributed by atoms with van der Waals surface area (Å²) in [4.78, 5) is 12.2. The molecule has 122 valence electrons. The summed E-state index contributed by atoms with van der Waals surface area (Å²) in [5, 5.41) is 10.3. The normalized spacial score (nSPS) is 10.5. The van der Waals surface area contributed by atoms with Crippen molar-refractivity contribution in [1.82, 2.24) is 0 Å². The highest BCUT2D eigenvalue weighted by Gasteiger charge is 2.14. The lowest BCUT2D eigenvalue weighted by atomic mass is 9.99. The molecule has 0 spiro atoms. The van der Waals surface area contributed by atoms with Crippen molar-refractivity contribution in [3.63, 3.8) is 0 Å². The molecule has 0 aliphatic carbocycles. The SMILES string of the molecule is CCCCCCOC(=O)c1cc(C)c(O)c(-c2ccccc2)c1. The molecule has 0 saturated heterocycles. The van der Waals surface area contributed by atoms with E-state index in [1.54, 1.807) is 19.1 Å². The number of phenolic OH excluding ortho intramolecular Hbond substituents is 1. The van der Waals surface area contributed by atoms with Crippen molar-refractivity contribution in [1.29, 1.82) is 0 Å². The van der Waals surface area contributed by atoms with Crippen LogP contribution in [0.25, 0.3) is 11.1 Å². The van der Waals surface area contributed by atoms with E-state index in [1.165, 1.54) is 0 Å². The molecule has 0 bridgehead atoms. The first-order chi connectivity index (χ1) is 11.1. The minimum absolute atomic E-state index is 0.204. The van der Waals surface area contributed by atoms with Gasteiger partial charge >= 0.3 is 5.97 Å². The summed E-state index contributed by atoms with van der Waals surface area (Å²) in [5.41, 5.74) is 2.69. The van der Waals surface area contributed by atoms with Crippen molar-refractivity contribution in [2.24, 2.45) is 0 Å². The van der Waals surface area contributed by atoms with Gasteiger partial charge in [0, 0.05) is 5.56 Å². The van der Waals surface area contributed by atoms with Gasteiger partial charge in [0.25, 0.3) is 0 Å². The van der Waals surface area contributed by atoms with Gasteiger partial charge in [0.1, 0.15) is 5.75 Å². The molecule has 0 heterocycles. The summed E-state index contributed by atoms with van der Waals surface area (Å²) in [6.45, 7) is 4.38. The van der Waals surface area contributed by atoms with Crippen LogP contribution >= 0.6 is 0 Å². The molecule has 0 aromatic heterocycles. The number of benzene rings is 2. The highest BCUT2D eigenvalue weighted by molar-refractivity contribution is 5.92. The summed E-state index contributed by atoms with van der Waals surface area (Å²) < 4.78 is 5.34.